The summed E-state index contributed by atoms with van der Waals surface area (Å²) in [5.41, 5.74) is 2.68. The van der Waals surface area contributed by atoms with Crippen LogP contribution in [0.4, 0.5) is 11.4 Å². The van der Waals surface area contributed by atoms with Crippen molar-refractivity contribution in [2.75, 3.05) is 0 Å². The fourth-order valence-corrected chi connectivity index (χ4v) is 1.59. The summed E-state index contributed by atoms with van der Waals surface area (Å²) in [5.74, 6) is 0. The van der Waals surface area contributed by atoms with Crippen molar-refractivity contribution >= 4 is 23.3 Å². The number of nitrogens with zero attached hydrogens (tertiary/aromatic N) is 2. The van der Waals surface area contributed by atoms with Crippen molar-refractivity contribution in [2.24, 2.45) is 9.98 Å². The molecule has 0 aromatic heterocycles. The Labute approximate surface area is 113 Å². The lowest BCUT2D eigenvalue weighted by Gasteiger charge is -1.96. The van der Waals surface area contributed by atoms with Crippen molar-refractivity contribution < 1.29 is 0 Å². The largest absolute Gasteiger partial charge is 0.255 e. The molecular formula is C17H16N2. The van der Waals surface area contributed by atoms with Gasteiger partial charge in [-0.2, -0.15) is 0 Å². The summed E-state index contributed by atoms with van der Waals surface area (Å²) in [5, 5.41) is 0. The van der Waals surface area contributed by atoms with Gasteiger partial charge in [-0.05, 0) is 37.3 Å². The second-order valence-corrected chi connectivity index (χ2v) is 3.97. The molecule has 0 aliphatic rings. The van der Waals surface area contributed by atoms with Gasteiger partial charge in [0.25, 0.3) is 0 Å². The minimum atomic E-state index is 0.831. The van der Waals surface area contributed by atoms with Crippen LogP contribution in [-0.2, 0) is 0 Å². The van der Waals surface area contributed by atoms with Crippen LogP contribution in [0.25, 0.3) is 0 Å². The molecule has 0 heterocycles. The van der Waals surface area contributed by atoms with E-state index in [4.69, 9.17) is 0 Å². The Hall–Kier alpha value is -2.48. The van der Waals surface area contributed by atoms with Crippen molar-refractivity contribution in [3.63, 3.8) is 0 Å². The van der Waals surface area contributed by atoms with Crippen LogP contribution >= 0.6 is 0 Å². The number of benzene rings is 2. The molecule has 0 N–H and O–H groups in total. The number of aliphatic imine (C=N–C) groups is 2. The minimum Gasteiger partial charge on any atom is -0.255 e. The van der Waals surface area contributed by atoms with Gasteiger partial charge in [-0.25, -0.2) is 4.99 Å². The molecule has 94 valence electrons. The van der Waals surface area contributed by atoms with Crippen LogP contribution < -0.4 is 0 Å². The fourth-order valence-electron chi connectivity index (χ4n) is 1.59. The van der Waals surface area contributed by atoms with E-state index in [0.29, 0.717) is 0 Å². The van der Waals surface area contributed by atoms with Crippen LogP contribution in [-0.4, -0.2) is 11.9 Å². The molecule has 0 saturated carbocycles. The van der Waals surface area contributed by atoms with E-state index >= 15 is 0 Å². The van der Waals surface area contributed by atoms with E-state index in [1.54, 1.807) is 6.21 Å². The molecule has 0 saturated heterocycles. The maximum Gasteiger partial charge on any atom is 0.0816 e. The number of para-hydroxylation sites is 2. The summed E-state index contributed by atoms with van der Waals surface area (Å²) in [6.07, 6.45) is 5.68. The molecule has 19 heavy (non-hydrogen) atoms. The first-order valence-electron chi connectivity index (χ1n) is 6.24. The van der Waals surface area contributed by atoms with Crippen molar-refractivity contribution in [3.05, 3.63) is 72.8 Å². The minimum absolute atomic E-state index is 0.831. The smallest absolute Gasteiger partial charge is 0.0816 e. The molecule has 2 nitrogen and oxygen atoms in total. The van der Waals surface area contributed by atoms with E-state index in [2.05, 4.69) is 9.98 Å². The number of hydrogen-bond acceptors (Lipinski definition) is 2. The van der Waals surface area contributed by atoms with Crippen LogP contribution in [0.5, 0.6) is 0 Å². The number of rotatable bonds is 4. The van der Waals surface area contributed by atoms with Crippen molar-refractivity contribution in [2.45, 2.75) is 6.92 Å². The predicted molar refractivity (Wildman–Crippen MR) is 82.9 cm³/mol. The number of hydrogen-bond donors (Lipinski definition) is 0. The topological polar surface area (TPSA) is 24.7 Å². The van der Waals surface area contributed by atoms with Crippen LogP contribution in [0.1, 0.15) is 6.92 Å². The van der Waals surface area contributed by atoms with Crippen molar-refractivity contribution in [3.8, 4) is 0 Å². The monoisotopic (exact) mass is 248 g/mol. The molecule has 0 fully saturated rings. The summed E-state index contributed by atoms with van der Waals surface area (Å²) >= 11 is 0. The van der Waals surface area contributed by atoms with Gasteiger partial charge in [0.15, 0.2) is 0 Å². The normalized spacial score (nSPS) is 12.4. The molecule has 2 aromatic rings. The first kappa shape index (κ1) is 13.0. The Morgan fingerprint density at radius 1 is 0.842 bits per heavy atom. The maximum atomic E-state index is 4.54. The lowest BCUT2D eigenvalue weighted by Crippen LogP contribution is -1.93. The molecule has 0 radical (unpaired) electrons. The summed E-state index contributed by atoms with van der Waals surface area (Å²) < 4.78 is 0. The zero-order valence-corrected chi connectivity index (χ0v) is 10.9. The molecule has 0 aliphatic heterocycles. The van der Waals surface area contributed by atoms with Gasteiger partial charge in [-0.15, -0.1) is 0 Å². The average Bonchev–Trinajstić information content (AvgIpc) is 2.47. The van der Waals surface area contributed by atoms with Gasteiger partial charge in [0.2, 0.25) is 0 Å². The fraction of sp³-hybridized carbons (Fsp3) is 0.0588. The molecule has 0 amide bonds. The Kier molecular flexibility index (Phi) is 4.82. The highest BCUT2D eigenvalue weighted by Gasteiger charge is 1.92. The Morgan fingerprint density at radius 3 is 2.00 bits per heavy atom. The Bertz CT molecular complexity index is 581. The molecule has 0 atom stereocenters. The summed E-state index contributed by atoms with van der Waals surface area (Å²) in [6.45, 7) is 1.97. The Morgan fingerprint density at radius 2 is 1.42 bits per heavy atom. The third kappa shape index (κ3) is 4.36. The van der Waals surface area contributed by atoms with Gasteiger partial charge in [0.05, 0.1) is 23.3 Å². The van der Waals surface area contributed by atoms with Gasteiger partial charge in [0, 0.05) is 0 Å². The van der Waals surface area contributed by atoms with Crippen LogP contribution in [0, 0.1) is 0 Å². The lowest BCUT2D eigenvalue weighted by molar-refractivity contribution is 1.51. The standard InChI is InChI=1S/C17H16N2/c1-2-9-17(19-16-12-7-4-8-13-16)14-18-15-10-5-3-6-11-15/h2-14H,1H3. The van der Waals surface area contributed by atoms with Crippen molar-refractivity contribution in [1.29, 1.82) is 0 Å². The van der Waals surface area contributed by atoms with Crippen LogP contribution in [0.15, 0.2) is 82.8 Å². The quantitative estimate of drug-likeness (QED) is 0.698. The van der Waals surface area contributed by atoms with Gasteiger partial charge in [0.1, 0.15) is 0 Å². The van der Waals surface area contributed by atoms with Crippen molar-refractivity contribution in [1.82, 2.24) is 0 Å². The average molecular weight is 248 g/mol. The first-order valence-corrected chi connectivity index (χ1v) is 6.24. The predicted octanol–water partition coefficient (Wildman–Crippen LogP) is 4.74. The third-order valence-electron chi connectivity index (χ3n) is 2.45. The molecule has 0 unspecified atom stereocenters. The summed E-state index contributed by atoms with van der Waals surface area (Å²) in [7, 11) is 0. The molecule has 0 aliphatic carbocycles. The van der Waals surface area contributed by atoms with Gasteiger partial charge in [-0.3, -0.25) is 4.99 Å². The molecule has 2 rings (SSSR count). The van der Waals surface area contributed by atoms with E-state index in [1.807, 2.05) is 79.7 Å². The van der Waals surface area contributed by atoms with Gasteiger partial charge in [-0.1, -0.05) is 42.5 Å². The molecule has 0 spiro atoms. The highest BCUT2D eigenvalue weighted by atomic mass is 14.8. The highest BCUT2D eigenvalue weighted by molar-refractivity contribution is 6.36. The second kappa shape index (κ2) is 7.07. The first-order chi connectivity index (χ1) is 9.38. The van der Waals surface area contributed by atoms with E-state index in [-0.39, 0.29) is 0 Å². The Balaban J connectivity index is 2.22. The molecule has 2 heteroatoms. The van der Waals surface area contributed by atoms with E-state index in [0.717, 1.165) is 17.1 Å². The molecule has 2 aromatic carbocycles. The zero-order valence-electron chi connectivity index (χ0n) is 10.9. The SMILES string of the molecule is CC=CC(C=Nc1ccccc1)=Nc1ccccc1. The van der Waals surface area contributed by atoms with Gasteiger partial charge < -0.3 is 0 Å². The molecular weight excluding hydrogens is 232 g/mol. The maximum absolute atomic E-state index is 4.54. The lowest BCUT2D eigenvalue weighted by atomic mass is 10.3. The second-order valence-electron chi connectivity index (χ2n) is 3.97. The van der Waals surface area contributed by atoms with E-state index in [9.17, 15) is 0 Å². The number of allylic oxidation sites excluding steroid dienone is 2. The third-order valence-corrected chi connectivity index (χ3v) is 2.45. The molecule has 0 bridgehead atoms. The highest BCUT2D eigenvalue weighted by Crippen LogP contribution is 2.12. The van der Waals surface area contributed by atoms with E-state index in [1.165, 1.54) is 0 Å². The summed E-state index contributed by atoms with van der Waals surface area (Å²) in [6, 6.07) is 19.7. The van der Waals surface area contributed by atoms with Crippen LogP contribution in [0.3, 0.4) is 0 Å². The van der Waals surface area contributed by atoms with Crippen LogP contribution in [0.2, 0.25) is 0 Å². The van der Waals surface area contributed by atoms with E-state index < -0.39 is 0 Å². The van der Waals surface area contributed by atoms with Gasteiger partial charge >= 0.3 is 0 Å². The summed E-state index contributed by atoms with van der Waals surface area (Å²) in [4.78, 5) is 8.96. The zero-order chi connectivity index (χ0) is 13.3.